The Labute approximate surface area is 152 Å². The molecular formula is C18H20Cl2N2O2. The maximum absolute atomic E-state index is 13.0. The Morgan fingerprint density at radius 3 is 2.58 bits per heavy atom. The van der Waals surface area contributed by atoms with Crippen LogP contribution in [0.2, 0.25) is 5.02 Å². The van der Waals surface area contributed by atoms with E-state index in [9.17, 15) is 9.59 Å². The number of anilines is 1. The van der Waals surface area contributed by atoms with Crippen molar-refractivity contribution in [2.75, 3.05) is 11.4 Å². The van der Waals surface area contributed by atoms with E-state index in [2.05, 4.69) is 6.92 Å². The molecule has 0 spiro atoms. The van der Waals surface area contributed by atoms with Crippen molar-refractivity contribution in [3.63, 3.8) is 0 Å². The number of aryl methyl sites for hydroxylation is 1. The third-order valence-electron chi connectivity index (χ3n) is 4.79. The molecule has 128 valence electrons. The summed E-state index contributed by atoms with van der Waals surface area (Å²) in [6.45, 7) is 4.68. The first-order valence-corrected chi connectivity index (χ1v) is 9.02. The summed E-state index contributed by atoms with van der Waals surface area (Å²) >= 11 is 12.3. The summed E-state index contributed by atoms with van der Waals surface area (Å²) in [5.74, 6) is -0.793. The van der Waals surface area contributed by atoms with E-state index in [1.54, 1.807) is 18.2 Å². The fraction of sp³-hybridized carbons (Fsp3) is 0.444. The summed E-state index contributed by atoms with van der Waals surface area (Å²) in [5, 5.41) is 0.589. The summed E-state index contributed by atoms with van der Waals surface area (Å²) in [4.78, 5) is 28.9. The highest BCUT2D eigenvalue weighted by atomic mass is 35.5. The molecule has 3 rings (SSSR count). The lowest BCUT2D eigenvalue weighted by molar-refractivity contribution is -0.121. The number of benzene rings is 1. The molecule has 1 saturated heterocycles. The predicted octanol–water partition coefficient (Wildman–Crippen LogP) is 4.24. The third-order valence-corrected chi connectivity index (χ3v) is 5.37. The van der Waals surface area contributed by atoms with Crippen molar-refractivity contribution >= 4 is 40.7 Å². The van der Waals surface area contributed by atoms with Crippen LogP contribution in [0.3, 0.4) is 0 Å². The topological polar surface area (TPSA) is 40.6 Å². The number of imide groups is 1. The maximum atomic E-state index is 13.0. The molecule has 2 amide bonds. The van der Waals surface area contributed by atoms with E-state index in [1.165, 1.54) is 4.90 Å². The molecule has 2 heterocycles. The standard InChI is InChI=1S/C18H20Cl2N2O2/c1-3-13-6-4-5-9-21(13)16-15(20)17(23)22(18(16)24)14-8-7-12(19)10-11(14)2/h7-8,10,13H,3-6,9H2,1-2H3. The zero-order valence-electron chi connectivity index (χ0n) is 13.8. The van der Waals surface area contributed by atoms with E-state index in [1.807, 2.05) is 11.8 Å². The van der Waals surface area contributed by atoms with E-state index in [0.29, 0.717) is 16.4 Å². The Morgan fingerprint density at radius 1 is 1.17 bits per heavy atom. The van der Waals surface area contributed by atoms with Crippen molar-refractivity contribution in [2.45, 2.75) is 45.6 Å². The van der Waals surface area contributed by atoms with Crippen molar-refractivity contribution in [3.8, 4) is 0 Å². The molecule has 24 heavy (non-hydrogen) atoms. The van der Waals surface area contributed by atoms with Gasteiger partial charge in [-0.2, -0.15) is 0 Å². The molecule has 2 aliphatic rings. The second-order valence-corrected chi connectivity index (χ2v) is 7.10. The lowest BCUT2D eigenvalue weighted by atomic mass is 9.99. The number of carbonyl (C=O) groups excluding carboxylic acids is 2. The number of halogens is 2. The molecule has 1 fully saturated rings. The van der Waals surface area contributed by atoms with Gasteiger partial charge in [-0.25, -0.2) is 4.90 Å². The van der Waals surface area contributed by atoms with Crippen molar-refractivity contribution in [3.05, 3.63) is 39.5 Å². The van der Waals surface area contributed by atoms with Crippen LogP contribution in [-0.4, -0.2) is 29.3 Å². The monoisotopic (exact) mass is 366 g/mol. The zero-order valence-corrected chi connectivity index (χ0v) is 15.3. The summed E-state index contributed by atoms with van der Waals surface area (Å²) in [7, 11) is 0. The average Bonchev–Trinajstić information content (AvgIpc) is 2.78. The minimum Gasteiger partial charge on any atom is -0.363 e. The second kappa shape index (κ2) is 6.77. The number of nitrogens with zero attached hydrogens (tertiary/aromatic N) is 2. The van der Waals surface area contributed by atoms with Crippen LogP contribution in [0.25, 0.3) is 0 Å². The summed E-state index contributed by atoms with van der Waals surface area (Å²) in [5.41, 5.74) is 1.65. The van der Waals surface area contributed by atoms with Gasteiger partial charge in [-0.3, -0.25) is 9.59 Å². The minimum absolute atomic E-state index is 0.0229. The molecular weight excluding hydrogens is 347 g/mol. The number of piperidine rings is 1. The zero-order chi connectivity index (χ0) is 17.4. The SMILES string of the molecule is CCC1CCCCN1C1=C(Cl)C(=O)N(c2ccc(Cl)cc2C)C1=O. The molecule has 0 aromatic heterocycles. The van der Waals surface area contributed by atoms with Crippen LogP contribution in [0, 0.1) is 6.92 Å². The van der Waals surface area contributed by atoms with Gasteiger partial charge in [0.15, 0.2) is 0 Å². The van der Waals surface area contributed by atoms with Crippen molar-refractivity contribution in [1.29, 1.82) is 0 Å². The highest BCUT2D eigenvalue weighted by molar-refractivity contribution is 6.52. The smallest absolute Gasteiger partial charge is 0.283 e. The van der Waals surface area contributed by atoms with Gasteiger partial charge in [0, 0.05) is 17.6 Å². The molecule has 4 nitrogen and oxygen atoms in total. The van der Waals surface area contributed by atoms with Gasteiger partial charge in [0.1, 0.15) is 10.7 Å². The molecule has 1 aromatic rings. The Balaban J connectivity index is 1.98. The van der Waals surface area contributed by atoms with Crippen LogP contribution in [0.4, 0.5) is 5.69 Å². The molecule has 0 bridgehead atoms. The van der Waals surface area contributed by atoms with E-state index in [-0.39, 0.29) is 17.0 Å². The van der Waals surface area contributed by atoms with Crippen molar-refractivity contribution in [1.82, 2.24) is 4.90 Å². The molecule has 0 radical (unpaired) electrons. The fourth-order valence-corrected chi connectivity index (χ4v) is 4.05. The highest BCUT2D eigenvalue weighted by Gasteiger charge is 2.43. The third kappa shape index (κ3) is 2.82. The van der Waals surface area contributed by atoms with E-state index < -0.39 is 5.91 Å². The van der Waals surface area contributed by atoms with Crippen LogP contribution in [-0.2, 0) is 9.59 Å². The quantitative estimate of drug-likeness (QED) is 0.751. The molecule has 0 N–H and O–H groups in total. The van der Waals surface area contributed by atoms with Gasteiger partial charge in [0.25, 0.3) is 11.8 Å². The largest absolute Gasteiger partial charge is 0.363 e. The minimum atomic E-state index is -0.456. The lowest BCUT2D eigenvalue weighted by Crippen LogP contribution is -2.42. The van der Waals surface area contributed by atoms with Crippen molar-refractivity contribution < 1.29 is 9.59 Å². The maximum Gasteiger partial charge on any atom is 0.283 e. The van der Waals surface area contributed by atoms with Crippen molar-refractivity contribution in [2.24, 2.45) is 0 Å². The lowest BCUT2D eigenvalue weighted by Gasteiger charge is -2.37. The number of amides is 2. The molecule has 1 aromatic carbocycles. The molecule has 0 aliphatic carbocycles. The first-order chi connectivity index (χ1) is 11.5. The Hall–Kier alpha value is -1.52. The number of rotatable bonds is 3. The van der Waals surface area contributed by atoms with Gasteiger partial charge in [-0.1, -0.05) is 30.1 Å². The fourth-order valence-electron chi connectivity index (χ4n) is 3.55. The Kier molecular flexibility index (Phi) is 4.88. The van der Waals surface area contributed by atoms with Gasteiger partial charge in [-0.15, -0.1) is 0 Å². The normalized spacial score (nSPS) is 21.9. The van der Waals surface area contributed by atoms with Crippen LogP contribution in [0.15, 0.2) is 28.9 Å². The number of hydrogen-bond acceptors (Lipinski definition) is 3. The highest BCUT2D eigenvalue weighted by Crippen LogP contribution is 2.36. The molecule has 6 heteroatoms. The van der Waals surface area contributed by atoms with Gasteiger partial charge in [-0.05, 0) is 56.4 Å². The average molecular weight is 367 g/mol. The second-order valence-electron chi connectivity index (χ2n) is 6.29. The summed E-state index contributed by atoms with van der Waals surface area (Å²) < 4.78 is 0. The Morgan fingerprint density at radius 2 is 1.92 bits per heavy atom. The van der Waals surface area contributed by atoms with Crippen LogP contribution in [0.1, 0.15) is 38.2 Å². The van der Waals surface area contributed by atoms with E-state index in [0.717, 1.165) is 37.8 Å². The van der Waals surface area contributed by atoms with Gasteiger partial charge in [0.05, 0.1) is 5.69 Å². The molecule has 0 saturated carbocycles. The first-order valence-electron chi connectivity index (χ1n) is 8.27. The first kappa shape index (κ1) is 17.3. The predicted molar refractivity (Wildman–Crippen MR) is 96.2 cm³/mol. The number of carbonyl (C=O) groups is 2. The van der Waals surface area contributed by atoms with Gasteiger partial charge < -0.3 is 4.90 Å². The van der Waals surface area contributed by atoms with E-state index in [4.69, 9.17) is 23.2 Å². The molecule has 1 atom stereocenters. The Bertz CT molecular complexity index is 730. The summed E-state index contributed by atoms with van der Waals surface area (Å²) in [6, 6.07) is 5.35. The number of hydrogen-bond donors (Lipinski definition) is 0. The molecule has 1 unspecified atom stereocenters. The van der Waals surface area contributed by atoms with Crippen LogP contribution in [0.5, 0.6) is 0 Å². The van der Waals surface area contributed by atoms with Crippen LogP contribution >= 0.6 is 23.2 Å². The molecule has 2 aliphatic heterocycles. The number of likely N-dealkylation sites (tertiary alicyclic amines) is 1. The van der Waals surface area contributed by atoms with E-state index >= 15 is 0 Å². The van der Waals surface area contributed by atoms with Gasteiger partial charge in [0.2, 0.25) is 0 Å². The van der Waals surface area contributed by atoms with Crippen LogP contribution < -0.4 is 4.90 Å². The summed E-state index contributed by atoms with van der Waals surface area (Å²) in [6.07, 6.45) is 4.09. The van der Waals surface area contributed by atoms with Gasteiger partial charge >= 0.3 is 0 Å².